The van der Waals surface area contributed by atoms with E-state index >= 15 is 0 Å². The molecule has 0 spiro atoms. The van der Waals surface area contributed by atoms with Crippen molar-refractivity contribution < 1.29 is 4.79 Å². The van der Waals surface area contributed by atoms with Gasteiger partial charge in [0.1, 0.15) is 11.6 Å². The van der Waals surface area contributed by atoms with Crippen molar-refractivity contribution in [1.29, 1.82) is 5.26 Å². The molecule has 0 bridgehead atoms. The molecular weight excluding hydrogens is 406 g/mol. The summed E-state index contributed by atoms with van der Waals surface area (Å²) in [5.41, 5.74) is 5.03. The van der Waals surface area contributed by atoms with Gasteiger partial charge in [-0.05, 0) is 94.0 Å². The molecule has 1 aliphatic heterocycles. The van der Waals surface area contributed by atoms with Gasteiger partial charge in [-0.15, -0.1) is 0 Å². The molecule has 31 heavy (non-hydrogen) atoms. The number of nitrogens with one attached hydrogen (secondary N) is 1. The van der Waals surface area contributed by atoms with E-state index in [1.807, 2.05) is 13.0 Å². The summed E-state index contributed by atoms with van der Waals surface area (Å²) in [5.74, 6) is -0.0825. The Balaban J connectivity index is 2.01. The molecule has 0 unspecified atom stereocenters. The molecule has 1 aliphatic rings. The topological polar surface area (TPSA) is 56.1 Å². The maximum Gasteiger partial charge on any atom is 0.266 e. The second-order valence-corrected chi connectivity index (χ2v) is 9.66. The smallest absolute Gasteiger partial charge is 0.266 e. The Kier molecular flexibility index (Phi) is 6.48. The fraction of sp³-hybridized carbons (Fsp3) is 0.385. The molecule has 0 aromatic heterocycles. The quantitative estimate of drug-likeness (QED) is 0.429. The van der Waals surface area contributed by atoms with Crippen molar-refractivity contribution in [3.05, 3.63) is 63.7 Å². The standard InChI is InChI=1S/C26H30ClN3O/c1-16(2)30-24-11-17(3)19(13-21(24)18(4)14-26(30,5)6)12-20(15-28)25(31)29-23-10-8-7-9-22(23)27/h7-13,16,18H,14H2,1-6H3,(H,29,31)/b20-12-/t18-/m1/s1. The van der Waals surface area contributed by atoms with E-state index in [-0.39, 0.29) is 11.1 Å². The largest absolute Gasteiger partial charge is 0.364 e. The molecule has 3 rings (SSSR count). The number of hydrogen-bond donors (Lipinski definition) is 1. The van der Waals surface area contributed by atoms with Crippen molar-refractivity contribution in [2.45, 2.75) is 65.5 Å². The van der Waals surface area contributed by atoms with E-state index in [1.165, 1.54) is 11.3 Å². The fourth-order valence-electron chi connectivity index (χ4n) is 4.80. The minimum atomic E-state index is -0.467. The average molecular weight is 436 g/mol. The predicted molar refractivity (Wildman–Crippen MR) is 130 cm³/mol. The van der Waals surface area contributed by atoms with Gasteiger partial charge in [-0.3, -0.25) is 4.79 Å². The molecule has 0 fully saturated rings. The molecule has 2 aromatic rings. The number of nitriles is 1. The van der Waals surface area contributed by atoms with Crippen LogP contribution in [0.1, 0.15) is 63.6 Å². The third-order valence-corrected chi connectivity index (χ3v) is 6.30. The molecule has 2 aromatic carbocycles. The number of rotatable bonds is 4. The van der Waals surface area contributed by atoms with Crippen LogP contribution in [0, 0.1) is 18.3 Å². The number of nitrogens with zero attached hydrogens (tertiary/aromatic N) is 2. The van der Waals surface area contributed by atoms with E-state index in [1.54, 1.807) is 30.3 Å². The Labute approximate surface area is 190 Å². The molecule has 1 heterocycles. The van der Waals surface area contributed by atoms with Crippen LogP contribution in [0.15, 0.2) is 42.0 Å². The zero-order valence-corrected chi connectivity index (χ0v) is 19.8. The maximum atomic E-state index is 12.7. The van der Waals surface area contributed by atoms with Gasteiger partial charge in [-0.2, -0.15) is 5.26 Å². The van der Waals surface area contributed by atoms with Gasteiger partial charge in [0.05, 0.1) is 10.7 Å². The Morgan fingerprint density at radius 3 is 2.61 bits per heavy atom. The number of para-hydroxylation sites is 1. The van der Waals surface area contributed by atoms with Crippen LogP contribution in [-0.2, 0) is 4.79 Å². The van der Waals surface area contributed by atoms with Crippen LogP contribution in [0.4, 0.5) is 11.4 Å². The minimum Gasteiger partial charge on any atom is -0.364 e. The second kappa shape index (κ2) is 8.77. The summed E-state index contributed by atoms with van der Waals surface area (Å²) in [4.78, 5) is 15.2. The van der Waals surface area contributed by atoms with Crippen LogP contribution in [0.5, 0.6) is 0 Å². The van der Waals surface area contributed by atoms with E-state index in [0.29, 0.717) is 22.7 Å². The molecule has 0 saturated carbocycles. The van der Waals surface area contributed by atoms with Crippen molar-refractivity contribution in [3.8, 4) is 6.07 Å². The molecule has 1 N–H and O–H groups in total. The lowest BCUT2D eigenvalue weighted by Gasteiger charge is -2.50. The van der Waals surface area contributed by atoms with Crippen molar-refractivity contribution in [2.75, 3.05) is 10.2 Å². The van der Waals surface area contributed by atoms with E-state index in [0.717, 1.165) is 17.5 Å². The average Bonchev–Trinajstić information content (AvgIpc) is 2.67. The predicted octanol–water partition coefficient (Wildman–Crippen LogP) is 6.69. The lowest BCUT2D eigenvalue weighted by atomic mass is 9.78. The van der Waals surface area contributed by atoms with Gasteiger partial charge < -0.3 is 10.2 Å². The SMILES string of the molecule is Cc1cc2c(cc1/C=C(/C#N)C(=O)Nc1ccccc1Cl)[C@H](C)CC(C)(C)N2C(C)C. The summed E-state index contributed by atoms with van der Waals surface area (Å²) in [6.07, 6.45) is 2.72. The molecule has 1 amide bonds. The lowest BCUT2D eigenvalue weighted by Crippen LogP contribution is -2.51. The fourth-order valence-corrected chi connectivity index (χ4v) is 4.99. The Morgan fingerprint density at radius 2 is 2.00 bits per heavy atom. The van der Waals surface area contributed by atoms with E-state index in [9.17, 15) is 10.1 Å². The van der Waals surface area contributed by atoms with Crippen molar-refractivity contribution in [2.24, 2.45) is 0 Å². The number of fused-ring (bicyclic) bond motifs is 1. The summed E-state index contributed by atoms with van der Waals surface area (Å²) in [6.45, 7) is 13.3. The molecule has 0 radical (unpaired) electrons. The van der Waals surface area contributed by atoms with Crippen LogP contribution in [0.25, 0.3) is 6.08 Å². The first-order valence-corrected chi connectivity index (χ1v) is 11.0. The van der Waals surface area contributed by atoms with Gasteiger partial charge in [-0.25, -0.2) is 0 Å². The highest BCUT2D eigenvalue weighted by molar-refractivity contribution is 6.34. The van der Waals surface area contributed by atoms with Gasteiger partial charge in [0.15, 0.2) is 0 Å². The van der Waals surface area contributed by atoms with E-state index in [2.05, 4.69) is 57.0 Å². The summed E-state index contributed by atoms with van der Waals surface area (Å²) < 4.78 is 0. The van der Waals surface area contributed by atoms with Crippen molar-refractivity contribution in [3.63, 3.8) is 0 Å². The van der Waals surface area contributed by atoms with Crippen LogP contribution < -0.4 is 10.2 Å². The van der Waals surface area contributed by atoms with Crippen LogP contribution in [0.3, 0.4) is 0 Å². The molecule has 4 nitrogen and oxygen atoms in total. The first-order valence-electron chi connectivity index (χ1n) is 10.7. The third kappa shape index (κ3) is 4.62. The number of benzene rings is 2. The van der Waals surface area contributed by atoms with Crippen molar-refractivity contribution in [1.82, 2.24) is 0 Å². The summed E-state index contributed by atoms with van der Waals surface area (Å²) in [5, 5.41) is 12.8. The summed E-state index contributed by atoms with van der Waals surface area (Å²) in [6, 6.07) is 13.7. The first-order chi connectivity index (χ1) is 14.5. The van der Waals surface area contributed by atoms with Crippen molar-refractivity contribution >= 4 is 35.0 Å². The highest BCUT2D eigenvalue weighted by atomic mass is 35.5. The summed E-state index contributed by atoms with van der Waals surface area (Å²) >= 11 is 6.14. The molecule has 1 atom stereocenters. The Bertz CT molecular complexity index is 1080. The lowest BCUT2D eigenvalue weighted by molar-refractivity contribution is -0.112. The molecular formula is C26H30ClN3O. The number of hydrogen-bond acceptors (Lipinski definition) is 3. The normalized spacial score (nSPS) is 17.8. The maximum absolute atomic E-state index is 12.7. The van der Waals surface area contributed by atoms with Crippen LogP contribution in [0.2, 0.25) is 5.02 Å². The van der Waals surface area contributed by atoms with Crippen LogP contribution in [-0.4, -0.2) is 17.5 Å². The number of halogens is 1. The van der Waals surface area contributed by atoms with Gasteiger partial charge in [0.25, 0.3) is 5.91 Å². The number of anilines is 2. The number of carbonyl (C=O) groups is 1. The number of aryl methyl sites for hydroxylation is 1. The Hall–Kier alpha value is -2.77. The highest BCUT2D eigenvalue weighted by Crippen LogP contribution is 2.45. The molecule has 162 valence electrons. The third-order valence-electron chi connectivity index (χ3n) is 5.97. The van der Waals surface area contributed by atoms with E-state index in [4.69, 9.17) is 11.6 Å². The van der Waals surface area contributed by atoms with E-state index < -0.39 is 5.91 Å². The number of carbonyl (C=O) groups excluding carboxylic acids is 1. The monoisotopic (exact) mass is 435 g/mol. The molecule has 5 heteroatoms. The summed E-state index contributed by atoms with van der Waals surface area (Å²) in [7, 11) is 0. The van der Waals surface area contributed by atoms with Gasteiger partial charge in [-0.1, -0.05) is 30.7 Å². The van der Waals surface area contributed by atoms with Gasteiger partial charge in [0.2, 0.25) is 0 Å². The number of amides is 1. The van der Waals surface area contributed by atoms with Crippen LogP contribution >= 0.6 is 11.6 Å². The minimum absolute atomic E-state index is 0.0486. The van der Waals surface area contributed by atoms with Gasteiger partial charge in [0, 0.05) is 17.3 Å². The highest BCUT2D eigenvalue weighted by Gasteiger charge is 2.37. The zero-order chi connectivity index (χ0) is 22.9. The van der Waals surface area contributed by atoms with Gasteiger partial charge >= 0.3 is 0 Å². The zero-order valence-electron chi connectivity index (χ0n) is 19.1. The first kappa shape index (κ1) is 22.9. The Morgan fingerprint density at radius 1 is 1.32 bits per heavy atom. The second-order valence-electron chi connectivity index (χ2n) is 9.25. The molecule has 0 aliphatic carbocycles. The molecule has 0 saturated heterocycles.